The maximum Gasteiger partial charge on any atom is 0.273 e. The molecule has 0 aliphatic rings. The molecule has 182 valence electrons. The van der Waals surface area contributed by atoms with Gasteiger partial charge in [-0.3, -0.25) is 14.9 Å². The number of halogens is 1. The summed E-state index contributed by atoms with van der Waals surface area (Å²) in [6.45, 7) is 1.90. The monoisotopic (exact) mass is 489 g/mol. The molecule has 13 heteroatoms. The number of nitrogens with one attached hydrogen (secondary N) is 1. The largest absolute Gasteiger partial charge is 0.382 e. The van der Waals surface area contributed by atoms with Gasteiger partial charge in [-0.25, -0.2) is 13.8 Å². The number of carbonyl (C=O) groups is 1. The van der Waals surface area contributed by atoms with Crippen LogP contribution in [0.25, 0.3) is 11.4 Å². The molecule has 4 rings (SSSR count). The van der Waals surface area contributed by atoms with Gasteiger partial charge in [-0.2, -0.15) is 10.4 Å². The third-order valence-electron chi connectivity index (χ3n) is 5.45. The Labute approximate surface area is 203 Å². The van der Waals surface area contributed by atoms with Crippen LogP contribution in [0, 0.1) is 34.2 Å². The van der Waals surface area contributed by atoms with Gasteiger partial charge in [0, 0.05) is 18.7 Å². The fourth-order valence-electron chi connectivity index (χ4n) is 3.62. The van der Waals surface area contributed by atoms with Gasteiger partial charge in [0.1, 0.15) is 23.3 Å². The van der Waals surface area contributed by atoms with Gasteiger partial charge in [-0.1, -0.05) is 11.3 Å². The predicted octanol–water partition coefficient (Wildman–Crippen LogP) is 2.63. The highest BCUT2D eigenvalue weighted by Gasteiger charge is 2.19. The third-order valence-corrected chi connectivity index (χ3v) is 5.45. The van der Waals surface area contributed by atoms with E-state index in [1.54, 1.807) is 13.0 Å². The van der Waals surface area contributed by atoms with Crippen molar-refractivity contribution in [1.82, 2.24) is 30.1 Å². The Balaban J connectivity index is 1.40. The fourth-order valence-corrected chi connectivity index (χ4v) is 3.62. The molecule has 36 heavy (non-hydrogen) atoms. The molecule has 12 nitrogen and oxygen atoms in total. The van der Waals surface area contributed by atoms with Gasteiger partial charge in [0.25, 0.3) is 11.6 Å². The highest BCUT2D eigenvalue weighted by Crippen LogP contribution is 2.22. The van der Waals surface area contributed by atoms with Gasteiger partial charge in [0.05, 0.1) is 27.7 Å². The van der Waals surface area contributed by atoms with Gasteiger partial charge in [-0.15, -0.1) is 5.10 Å². The highest BCUT2D eigenvalue weighted by molar-refractivity contribution is 5.93. The fraction of sp³-hybridized carbons (Fsp3) is 0.174. The van der Waals surface area contributed by atoms with Gasteiger partial charge in [0.2, 0.25) is 0 Å². The van der Waals surface area contributed by atoms with Crippen LogP contribution in [0.4, 0.5) is 15.9 Å². The van der Waals surface area contributed by atoms with Crippen LogP contribution in [-0.4, -0.2) is 42.1 Å². The summed E-state index contributed by atoms with van der Waals surface area (Å²) in [7, 11) is 0. The van der Waals surface area contributed by atoms with E-state index < -0.39 is 16.6 Å². The lowest BCUT2D eigenvalue weighted by Crippen LogP contribution is -2.26. The number of carbonyl (C=O) groups excluding carboxylic acids is 1. The van der Waals surface area contributed by atoms with Crippen molar-refractivity contribution in [1.29, 1.82) is 5.26 Å². The zero-order valence-electron chi connectivity index (χ0n) is 19.1. The zero-order chi connectivity index (χ0) is 25.8. The van der Waals surface area contributed by atoms with E-state index in [0.29, 0.717) is 35.6 Å². The molecule has 0 bridgehead atoms. The molecule has 3 N–H and O–H groups in total. The standard InChI is InChI=1S/C23H20FN9O3/c1-14-21(28-30-31(14)17-4-2-5-18(12-17)33(35)36)23(34)27-11-3-6-20-19(13-25)22(26)32(29-20)16-9-7-15(24)8-10-16/h2,4-5,7-10,12H,3,6,11,26H2,1H3,(H,27,34). The SMILES string of the molecule is Cc1c(C(=O)NCCCc2nn(-c3ccc(F)cc3)c(N)c2C#N)nnn1-c1cccc([N+](=O)[O-])c1. The van der Waals surface area contributed by atoms with Gasteiger partial charge < -0.3 is 11.1 Å². The zero-order valence-corrected chi connectivity index (χ0v) is 19.1. The van der Waals surface area contributed by atoms with E-state index in [2.05, 4.69) is 20.7 Å². The molecular formula is C23H20FN9O3. The van der Waals surface area contributed by atoms with E-state index in [9.17, 15) is 24.6 Å². The quantitative estimate of drug-likeness (QED) is 0.216. The number of anilines is 1. The second kappa shape index (κ2) is 10.0. The van der Waals surface area contributed by atoms with Crippen molar-refractivity contribution in [3.63, 3.8) is 0 Å². The topological polar surface area (TPSA) is 171 Å². The maximum absolute atomic E-state index is 13.2. The van der Waals surface area contributed by atoms with E-state index >= 15 is 0 Å². The number of aromatic nitrogens is 5. The van der Waals surface area contributed by atoms with Crippen molar-refractivity contribution in [3.8, 4) is 17.4 Å². The normalized spacial score (nSPS) is 10.7. The molecule has 0 aliphatic heterocycles. The first kappa shape index (κ1) is 24.0. The first-order valence-electron chi connectivity index (χ1n) is 10.8. The van der Waals surface area contributed by atoms with Crippen LogP contribution < -0.4 is 11.1 Å². The number of nitro groups is 1. The lowest BCUT2D eigenvalue weighted by Gasteiger charge is -2.05. The Morgan fingerprint density at radius 3 is 2.67 bits per heavy atom. The summed E-state index contributed by atoms with van der Waals surface area (Å²) in [6, 6.07) is 13.4. The Hall–Kier alpha value is -5.12. The van der Waals surface area contributed by atoms with Crippen LogP contribution >= 0.6 is 0 Å². The molecule has 0 saturated heterocycles. The van der Waals surface area contributed by atoms with Gasteiger partial charge >= 0.3 is 0 Å². The smallest absolute Gasteiger partial charge is 0.273 e. The van der Waals surface area contributed by atoms with E-state index in [4.69, 9.17) is 5.73 Å². The van der Waals surface area contributed by atoms with Crippen LogP contribution in [0.2, 0.25) is 0 Å². The predicted molar refractivity (Wildman–Crippen MR) is 126 cm³/mol. The van der Waals surface area contributed by atoms with Crippen molar-refractivity contribution in [2.75, 3.05) is 12.3 Å². The van der Waals surface area contributed by atoms with Crippen LogP contribution in [0.1, 0.15) is 33.9 Å². The third kappa shape index (κ3) is 4.73. The molecule has 0 spiro atoms. The number of rotatable bonds is 8. The van der Waals surface area contributed by atoms with Gasteiger partial charge in [-0.05, 0) is 50.1 Å². The van der Waals surface area contributed by atoms with Crippen LogP contribution in [0.5, 0.6) is 0 Å². The number of aryl methyl sites for hydroxylation is 1. The molecule has 0 fully saturated rings. The van der Waals surface area contributed by atoms with E-state index in [0.717, 1.165) is 0 Å². The molecule has 0 unspecified atom stereocenters. The van der Waals surface area contributed by atoms with Crippen molar-refractivity contribution < 1.29 is 14.1 Å². The maximum atomic E-state index is 13.2. The van der Waals surface area contributed by atoms with Gasteiger partial charge in [0.15, 0.2) is 5.69 Å². The summed E-state index contributed by atoms with van der Waals surface area (Å²) < 4.78 is 16.0. The minimum Gasteiger partial charge on any atom is -0.382 e. The summed E-state index contributed by atoms with van der Waals surface area (Å²) in [5, 5.41) is 35.5. The summed E-state index contributed by atoms with van der Waals surface area (Å²) in [5.41, 5.74) is 8.08. The number of nitriles is 1. The number of benzene rings is 2. The number of non-ortho nitro benzene ring substituents is 1. The van der Waals surface area contributed by atoms with Crippen LogP contribution in [-0.2, 0) is 6.42 Å². The summed E-state index contributed by atoms with van der Waals surface area (Å²) in [4.78, 5) is 23.1. The summed E-state index contributed by atoms with van der Waals surface area (Å²) >= 11 is 0. The van der Waals surface area contributed by atoms with E-state index in [1.165, 1.54) is 51.8 Å². The number of nitrogens with two attached hydrogens (primary N) is 1. The van der Waals surface area contributed by atoms with Crippen molar-refractivity contribution in [3.05, 3.63) is 87.1 Å². The van der Waals surface area contributed by atoms with Crippen molar-refractivity contribution in [2.45, 2.75) is 19.8 Å². The first-order valence-corrected chi connectivity index (χ1v) is 10.8. The summed E-state index contributed by atoms with van der Waals surface area (Å²) in [5.74, 6) is -0.709. The Kier molecular flexibility index (Phi) is 6.68. The van der Waals surface area contributed by atoms with Crippen molar-refractivity contribution in [2.24, 2.45) is 0 Å². The highest BCUT2D eigenvalue weighted by atomic mass is 19.1. The number of nitrogen functional groups attached to an aromatic ring is 1. The Bertz CT molecular complexity index is 1490. The second-order valence-corrected chi connectivity index (χ2v) is 7.78. The molecular weight excluding hydrogens is 469 g/mol. The minimum absolute atomic E-state index is 0.0871. The number of hydrogen-bond donors (Lipinski definition) is 2. The summed E-state index contributed by atoms with van der Waals surface area (Å²) in [6.07, 6.45) is 0.819. The molecule has 0 saturated carbocycles. The van der Waals surface area contributed by atoms with Crippen molar-refractivity contribution >= 4 is 17.4 Å². The number of amides is 1. The molecule has 4 aromatic rings. The molecule has 0 atom stereocenters. The lowest BCUT2D eigenvalue weighted by molar-refractivity contribution is -0.384. The molecule has 2 heterocycles. The molecule has 1 amide bonds. The van der Waals surface area contributed by atoms with E-state index in [-0.39, 0.29) is 29.3 Å². The lowest BCUT2D eigenvalue weighted by atomic mass is 10.1. The number of nitro benzene ring substituents is 1. The number of nitrogens with zero attached hydrogens (tertiary/aromatic N) is 7. The first-order chi connectivity index (χ1) is 17.3. The van der Waals surface area contributed by atoms with Crippen LogP contribution in [0.15, 0.2) is 48.5 Å². The average Bonchev–Trinajstić information content (AvgIpc) is 3.41. The molecule has 2 aromatic heterocycles. The Morgan fingerprint density at radius 2 is 1.97 bits per heavy atom. The average molecular weight is 489 g/mol. The minimum atomic E-state index is -0.516. The second-order valence-electron chi connectivity index (χ2n) is 7.78. The number of hydrogen-bond acceptors (Lipinski definition) is 8. The molecule has 2 aromatic carbocycles. The molecule has 0 radical (unpaired) electrons. The van der Waals surface area contributed by atoms with Crippen LogP contribution in [0.3, 0.4) is 0 Å². The van der Waals surface area contributed by atoms with E-state index in [1.807, 2.05) is 6.07 Å². The molecule has 0 aliphatic carbocycles. The Morgan fingerprint density at radius 1 is 1.22 bits per heavy atom.